The molecule has 0 bridgehead atoms. The molecule has 0 spiro atoms. The van der Waals surface area contributed by atoms with Crippen LogP contribution in [0.1, 0.15) is 12.6 Å². The number of rotatable bonds is 2. The number of anilines is 1. The molecular weight excluding hydrogens is 265 g/mol. The number of hydrogen-bond donors (Lipinski definition) is 0. The highest BCUT2D eigenvalue weighted by atomic mass is 19.1. The standard InChI is InChI=1S/C17H22FN3/c1-11-9-21(10-16(11)20(3)4)15-8-12(2)19-17-13(15)6-5-7-14(17)18/h5-8,11,16H,9-10H2,1-4H3. The van der Waals surface area contributed by atoms with Crippen molar-refractivity contribution >= 4 is 16.6 Å². The number of halogens is 1. The molecule has 0 saturated carbocycles. The summed E-state index contributed by atoms with van der Waals surface area (Å²) in [6, 6.07) is 7.82. The van der Waals surface area contributed by atoms with E-state index < -0.39 is 0 Å². The zero-order valence-electron chi connectivity index (χ0n) is 13.1. The lowest BCUT2D eigenvalue weighted by molar-refractivity contribution is 0.266. The van der Waals surface area contributed by atoms with E-state index in [4.69, 9.17) is 0 Å². The lowest BCUT2D eigenvalue weighted by atomic mass is 10.1. The van der Waals surface area contributed by atoms with Crippen LogP contribution in [0.25, 0.3) is 10.9 Å². The summed E-state index contributed by atoms with van der Waals surface area (Å²) in [6.07, 6.45) is 0. The number of nitrogens with zero attached hydrogens (tertiary/aromatic N) is 3. The zero-order chi connectivity index (χ0) is 15.1. The first kappa shape index (κ1) is 14.3. The second-order valence-corrected chi connectivity index (χ2v) is 6.33. The van der Waals surface area contributed by atoms with Gasteiger partial charge in [0.2, 0.25) is 0 Å². The second kappa shape index (κ2) is 5.26. The summed E-state index contributed by atoms with van der Waals surface area (Å²) in [5, 5.41) is 0.909. The molecule has 21 heavy (non-hydrogen) atoms. The monoisotopic (exact) mass is 287 g/mol. The van der Waals surface area contributed by atoms with Gasteiger partial charge in [-0.3, -0.25) is 0 Å². The van der Waals surface area contributed by atoms with Crippen molar-refractivity contribution in [1.29, 1.82) is 0 Å². The van der Waals surface area contributed by atoms with Crippen molar-refractivity contribution in [3.05, 3.63) is 35.8 Å². The highest BCUT2D eigenvalue weighted by molar-refractivity contribution is 5.92. The number of likely N-dealkylation sites (N-methyl/N-ethyl adjacent to an activating group) is 1. The fourth-order valence-corrected chi connectivity index (χ4v) is 3.40. The van der Waals surface area contributed by atoms with Crippen LogP contribution in [0.4, 0.5) is 10.1 Å². The minimum atomic E-state index is -0.242. The molecule has 1 aromatic carbocycles. The average molecular weight is 287 g/mol. The van der Waals surface area contributed by atoms with E-state index in [0.29, 0.717) is 17.5 Å². The number of hydrogen-bond acceptors (Lipinski definition) is 3. The summed E-state index contributed by atoms with van der Waals surface area (Å²) in [5.74, 6) is 0.353. The molecule has 2 unspecified atom stereocenters. The van der Waals surface area contributed by atoms with Crippen molar-refractivity contribution < 1.29 is 4.39 Å². The van der Waals surface area contributed by atoms with E-state index in [2.05, 4.69) is 41.9 Å². The topological polar surface area (TPSA) is 19.4 Å². The van der Waals surface area contributed by atoms with Crippen molar-refractivity contribution in [3.63, 3.8) is 0 Å². The van der Waals surface area contributed by atoms with Crippen LogP contribution in [0, 0.1) is 18.7 Å². The van der Waals surface area contributed by atoms with Gasteiger partial charge < -0.3 is 9.80 Å². The molecule has 0 N–H and O–H groups in total. The number of aryl methyl sites for hydroxylation is 1. The lowest BCUT2D eigenvalue weighted by Gasteiger charge is -2.24. The number of aromatic nitrogens is 1. The van der Waals surface area contributed by atoms with Gasteiger partial charge in [0.25, 0.3) is 0 Å². The predicted octanol–water partition coefficient (Wildman–Crippen LogP) is 3.07. The van der Waals surface area contributed by atoms with Crippen LogP contribution in [-0.2, 0) is 0 Å². The summed E-state index contributed by atoms with van der Waals surface area (Å²) in [6.45, 7) is 6.18. The molecule has 4 heteroatoms. The summed E-state index contributed by atoms with van der Waals surface area (Å²) in [7, 11) is 4.25. The van der Waals surface area contributed by atoms with E-state index in [9.17, 15) is 4.39 Å². The van der Waals surface area contributed by atoms with Gasteiger partial charge in [-0.2, -0.15) is 0 Å². The average Bonchev–Trinajstić information content (AvgIpc) is 2.81. The fraction of sp³-hybridized carbons (Fsp3) is 0.471. The molecule has 1 fully saturated rings. The first-order valence-corrected chi connectivity index (χ1v) is 7.44. The Hall–Kier alpha value is -1.68. The van der Waals surface area contributed by atoms with Crippen LogP contribution in [-0.4, -0.2) is 43.1 Å². The van der Waals surface area contributed by atoms with Gasteiger partial charge in [-0.15, -0.1) is 0 Å². The first-order valence-electron chi connectivity index (χ1n) is 7.44. The van der Waals surface area contributed by atoms with Crippen LogP contribution < -0.4 is 4.90 Å². The Morgan fingerprint density at radius 1 is 1.29 bits per heavy atom. The largest absolute Gasteiger partial charge is 0.369 e. The maximum absolute atomic E-state index is 14.0. The van der Waals surface area contributed by atoms with Crippen LogP contribution in [0.2, 0.25) is 0 Å². The Morgan fingerprint density at radius 3 is 2.71 bits per heavy atom. The number of fused-ring (bicyclic) bond motifs is 1. The molecule has 1 saturated heterocycles. The summed E-state index contributed by atoms with van der Waals surface area (Å²) >= 11 is 0. The van der Waals surface area contributed by atoms with Gasteiger partial charge in [0.1, 0.15) is 11.3 Å². The zero-order valence-corrected chi connectivity index (χ0v) is 13.1. The third-order valence-electron chi connectivity index (χ3n) is 4.47. The lowest BCUT2D eigenvalue weighted by Crippen LogP contribution is -2.34. The molecule has 2 atom stereocenters. The van der Waals surface area contributed by atoms with E-state index in [0.717, 1.165) is 29.9 Å². The Morgan fingerprint density at radius 2 is 2.05 bits per heavy atom. The highest BCUT2D eigenvalue weighted by Crippen LogP contribution is 2.32. The highest BCUT2D eigenvalue weighted by Gasteiger charge is 2.32. The van der Waals surface area contributed by atoms with Crippen molar-refractivity contribution in [2.45, 2.75) is 19.9 Å². The molecule has 0 amide bonds. The minimum absolute atomic E-state index is 0.242. The molecule has 112 valence electrons. The third-order valence-corrected chi connectivity index (χ3v) is 4.47. The Balaban J connectivity index is 2.07. The van der Waals surface area contributed by atoms with Crippen molar-refractivity contribution in [1.82, 2.24) is 9.88 Å². The Kier molecular flexibility index (Phi) is 3.57. The van der Waals surface area contributed by atoms with Crippen molar-refractivity contribution in [3.8, 4) is 0 Å². The molecule has 3 rings (SSSR count). The quantitative estimate of drug-likeness (QED) is 0.846. The predicted molar refractivity (Wildman–Crippen MR) is 85.3 cm³/mol. The summed E-state index contributed by atoms with van der Waals surface area (Å²) in [4.78, 5) is 9.01. The molecule has 0 radical (unpaired) electrons. The molecule has 3 nitrogen and oxygen atoms in total. The molecule has 2 heterocycles. The van der Waals surface area contributed by atoms with Crippen molar-refractivity contribution in [2.75, 3.05) is 32.1 Å². The van der Waals surface area contributed by atoms with E-state index in [-0.39, 0.29) is 5.82 Å². The van der Waals surface area contributed by atoms with Gasteiger partial charge in [0.05, 0.1) is 0 Å². The van der Waals surface area contributed by atoms with Crippen molar-refractivity contribution in [2.24, 2.45) is 5.92 Å². The molecule has 0 aliphatic carbocycles. The number of pyridine rings is 1. The van der Waals surface area contributed by atoms with Gasteiger partial charge in [0, 0.05) is 35.9 Å². The van der Waals surface area contributed by atoms with Gasteiger partial charge >= 0.3 is 0 Å². The van der Waals surface area contributed by atoms with Crippen LogP contribution in [0.15, 0.2) is 24.3 Å². The SMILES string of the molecule is Cc1cc(N2CC(C)C(N(C)C)C2)c2cccc(F)c2n1. The maximum Gasteiger partial charge on any atom is 0.149 e. The molecule has 2 aromatic rings. The maximum atomic E-state index is 14.0. The molecule has 1 aliphatic rings. The molecular formula is C17H22FN3. The van der Waals surface area contributed by atoms with Crippen LogP contribution in [0.5, 0.6) is 0 Å². The van der Waals surface area contributed by atoms with Gasteiger partial charge in [0.15, 0.2) is 0 Å². The first-order chi connectivity index (χ1) is 9.97. The second-order valence-electron chi connectivity index (χ2n) is 6.33. The minimum Gasteiger partial charge on any atom is -0.369 e. The third kappa shape index (κ3) is 2.48. The molecule has 1 aliphatic heterocycles. The number of para-hydroxylation sites is 1. The van der Waals surface area contributed by atoms with Crippen LogP contribution in [0.3, 0.4) is 0 Å². The Labute approximate surface area is 125 Å². The van der Waals surface area contributed by atoms with E-state index in [1.54, 1.807) is 6.07 Å². The summed E-state index contributed by atoms with van der Waals surface area (Å²) in [5.41, 5.74) is 2.45. The van der Waals surface area contributed by atoms with Gasteiger partial charge in [-0.05, 0) is 39.1 Å². The molecule has 1 aromatic heterocycles. The smallest absolute Gasteiger partial charge is 0.149 e. The van der Waals surface area contributed by atoms with Gasteiger partial charge in [-0.1, -0.05) is 19.1 Å². The summed E-state index contributed by atoms with van der Waals surface area (Å²) < 4.78 is 14.0. The fourth-order valence-electron chi connectivity index (χ4n) is 3.40. The van der Waals surface area contributed by atoms with E-state index >= 15 is 0 Å². The van der Waals surface area contributed by atoms with E-state index in [1.807, 2.05) is 13.0 Å². The number of benzene rings is 1. The Bertz CT molecular complexity index is 668. The van der Waals surface area contributed by atoms with Crippen LogP contribution >= 0.6 is 0 Å². The normalized spacial score (nSPS) is 22.5. The van der Waals surface area contributed by atoms with E-state index in [1.165, 1.54) is 6.07 Å². The van der Waals surface area contributed by atoms with Gasteiger partial charge in [-0.25, -0.2) is 9.37 Å².